The van der Waals surface area contributed by atoms with Gasteiger partial charge in [0.15, 0.2) is 5.82 Å². The summed E-state index contributed by atoms with van der Waals surface area (Å²) in [6, 6.07) is 0. The minimum atomic E-state index is -0.823. The van der Waals surface area contributed by atoms with Crippen LogP contribution in [-0.4, -0.2) is 31.3 Å². The van der Waals surface area contributed by atoms with E-state index in [0.29, 0.717) is 5.82 Å². The van der Waals surface area contributed by atoms with Gasteiger partial charge in [-0.05, 0) is 11.6 Å². The molecule has 1 aromatic heterocycles. The van der Waals surface area contributed by atoms with Crippen LogP contribution in [0.2, 0.25) is 0 Å². The molecule has 78 valence electrons. The van der Waals surface area contributed by atoms with E-state index in [1.54, 1.807) is 7.05 Å². The first kappa shape index (κ1) is 10.6. The Labute approximate surface area is 81.9 Å². The number of aromatic nitrogens is 4. The smallest absolute Gasteiger partial charge is 0.304 e. The van der Waals surface area contributed by atoms with E-state index in [0.717, 1.165) is 12.8 Å². The Bertz CT molecular complexity index is 310. The average molecular weight is 198 g/mol. The molecule has 0 amide bonds. The number of hydrogen-bond donors (Lipinski definition) is 1. The second kappa shape index (κ2) is 4.69. The van der Waals surface area contributed by atoms with Gasteiger partial charge in [-0.15, -0.1) is 10.2 Å². The summed E-state index contributed by atoms with van der Waals surface area (Å²) in [5.74, 6) is -0.418. The van der Waals surface area contributed by atoms with Gasteiger partial charge in [0.05, 0.1) is 13.5 Å². The van der Waals surface area contributed by atoms with Gasteiger partial charge >= 0.3 is 5.97 Å². The van der Waals surface area contributed by atoms with Gasteiger partial charge in [0, 0.05) is 5.92 Å². The summed E-state index contributed by atoms with van der Waals surface area (Å²) in [5, 5.41) is 20.2. The summed E-state index contributed by atoms with van der Waals surface area (Å²) in [4.78, 5) is 11.9. The fraction of sp³-hybridized carbons (Fsp3) is 0.750. The van der Waals surface area contributed by atoms with Crippen molar-refractivity contribution in [3.63, 3.8) is 0 Å². The quantitative estimate of drug-likeness (QED) is 0.748. The van der Waals surface area contributed by atoms with Gasteiger partial charge in [0.2, 0.25) is 0 Å². The predicted octanol–water partition coefficient (Wildman–Crippen LogP) is 0.568. The number of nitrogens with zero attached hydrogens (tertiary/aromatic N) is 4. The van der Waals surface area contributed by atoms with Crippen molar-refractivity contribution < 1.29 is 9.90 Å². The van der Waals surface area contributed by atoms with Gasteiger partial charge in [-0.2, -0.15) is 4.80 Å². The van der Waals surface area contributed by atoms with Crippen LogP contribution in [0.3, 0.4) is 0 Å². The topological polar surface area (TPSA) is 80.9 Å². The fourth-order valence-electron chi connectivity index (χ4n) is 1.34. The molecule has 1 N–H and O–H groups in total. The summed E-state index contributed by atoms with van der Waals surface area (Å²) in [6.07, 6.45) is 1.76. The van der Waals surface area contributed by atoms with Crippen LogP contribution in [-0.2, 0) is 11.8 Å². The van der Waals surface area contributed by atoms with Crippen molar-refractivity contribution in [3.8, 4) is 0 Å². The van der Waals surface area contributed by atoms with E-state index in [1.165, 1.54) is 4.80 Å². The number of aliphatic carboxylic acids is 1. The first-order chi connectivity index (χ1) is 6.63. The van der Waals surface area contributed by atoms with Gasteiger partial charge in [-0.25, -0.2) is 0 Å². The molecule has 1 unspecified atom stereocenters. The standard InChI is InChI=1S/C8H14N4O2/c1-3-4-6(5-7(13)14)8-9-11-12(2)10-8/h6H,3-5H2,1-2H3,(H,13,14). The Morgan fingerprint density at radius 3 is 2.79 bits per heavy atom. The van der Waals surface area contributed by atoms with Gasteiger partial charge in [0.1, 0.15) is 0 Å². The van der Waals surface area contributed by atoms with Crippen molar-refractivity contribution in [2.24, 2.45) is 7.05 Å². The van der Waals surface area contributed by atoms with Crippen LogP contribution >= 0.6 is 0 Å². The molecule has 0 aromatic carbocycles. The summed E-state index contributed by atoms with van der Waals surface area (Å²) >= 11 is 0. The Kier molecular flexibility index (Phi) is 3.55. The zero-order chi connectivity index (χ0) is 10.6. The van der Waals surface area contributed by atoms with Crippen molar-refractivity contribution in [2.45, 2.75) is 32.1 Å². The fourth-order valence-corrected chi connectivity index (χ4v) is 1.34. The highest BCUT2D eigenvalue weighted by atomic mass is 16.4. The number of tetrazole rings is 1. The van der Waals surface area contributed by atoms with Gasteiger partial charge < -0.3 is 5.11 Å². The highest BCUT2D eigenvalue weighted by Crippen LogP contribution is 2.20. The van der Waals surface area contributed by atoms with Crippen molar-refractivity contribution in [1.82, 2.24) is 20.2 Å². The molecule has 0 aliphatic rings. The Hall–Kier alpha value is -1.46. The maximum Gasteiger partial charge on any atom is 0.304 e. The minimum Gasteiger partial charge on any atom is -0.481 e. The number of carboxylic acid groups (broad SMARTS) is 1. The molecule has 0 aliphatic carbocycles. The van der Waals surface area contributed by atoms with E-state index in [9.17, 15) is 4.79 Å². The van der Waals surface area contributed by atoms with Crippen LogP contribution in [0.15, 0.2) is 0 Å². The lowest BCUT2D eigenvalue weighted by Crippen LogP contribution is -2.08. The van der Waals surface area contributed by atoms with Crippen LogP contribution < -0.4 is 0 Å². The van der Waals surface area contributed by atoms with Crippen molar-refractivity contribution in [2.75, 3.05) is 0 Å². The van der Waals surface area contributed by atoms with Gasteiger partial charge in [-0.1, -0.05) is 13.3 Å². The molecular weight excluding hydrogens is 184 g/mol. The minimum absolute atomic E-state index is 0.0690. The van der Waals surface area contributed by atoms with Crippen molar-refractivity contribution in [3.05, 3.63) is 5.82 Å². The number of carbonyl (C=O) groups is 1. The molecule has 0 bridgehead atoms. The third kappa shape index (κ3) is 2.79. The first-order valence-corrected chi connectivity index (χ1v) is 4.59. The Morgan fingerprint density at radius 2 is 2.36 bits per heavy atom. The number of rotatable bonds is 5. The predicted molar refractivity (Wildman–Crippen MR) is 48.7 cm³/mol. The second-order valence-electron chi connectivity index (χ2n) is 3.22. The average Bonchev–Trinajstić information content (AvgIpc) is 2.50. The van der Waals surface area contributed by atoms with Crippen LogP contribution in [0.5, 0.6) is 0 Å². The highest BCUT2D eigenvalue weighted by Gasteiger charge is 2.19. The third-order valence-corrected chi connectivity index (χ3v) is 1.95. The van der Waals surface area contributed by atoms with E-state index in [4.69, 9.17) is 5.11 Å². The summed E-state index contributed by atoms with van der Waals surface area (Å²) in [6.45, 7) is 2.01. The van der Waals surface area contributed by atoms with E-state index >= 15 is 0 Å². The third-order valence-electron chi connectivity index (χ3n) is 1.95. The molecule has 0 saturated carbocycles. The molecule has 1 atom stereocenters. The molecule has 14 heavy (non-hydrogen) atoms. The Balaban J connectivity index is 2.71. The summed E-state index contributed by atoms with van der Waals surface area (Å²) in [5.41, 5.74) is 0. The lowest BCUT2D eigenvalue weighted by atomic mass is 9.99. The zero-order valence-corrected chi connectivity index (χ0v) is 8.34. The van der Waals surface area contributed by atoms with Crippen LogP contribution in [0.1, 0.15) is 37.9 Å². The monoisotopic (exact) mass is 198 g/mol. The Morgan fingerprint density at radius 1 is 1.64 bits per heavy atom. The number of carboxylic acids is 1. The van der Waals surface area contributed by atoms with E-state index in [-0.39, 0.29) is 12.3 Å². The van der Waals surface area contributed by atoms with Crippen molar-refractivity contribution >= 4 is 5.97 Å². The van der Waals surface area contributed by atoms with Gasteiger partial charge in [-0.3, -0.25) is 4.79 Å². The summed E-state index contributed by atoms with van der Waals surface area (Å²) < 4.78 is 0. The number of aryl methyl sites for hydroxylation is 1. The number of hydrogen-bond acceptors (Lipinski definition) is 4. The molecule has 1 aromatic rings. The molecule has 6 nitrogen and oxygen atoms in total. The maximum absolute atomic E-state index is 10.6. The first-order valence-electron chi connectivity index (χ1n) is 4.59. The highest BCUT2D eigenvalue weighted by molar-refractivity contribution is 5.67. The molecule has 0 radical (unpaired) electrons. The summed E-state index contributed by atoms with van der Waals surface area (Å²) in [7, 11) is 1.67. The van der Waals surface area contributed by atoms with Crippen molar-refractivity contribution in [1.29, 1.82) is 0 Å². The largest absolute Gasteiger partial charge is 0.481 e. The normalized spacial score (nSPS) is 12.7. The molecule has 6 heteroatoms. The lowest BCUT2D eigenvalue weighted by Gasteiger charge is -2.07. The van der Waals surface area contributed by atoms with Crippen LogP contribution in [0.4, 0.5) is 0 Å². The molecule has 1 rings (SSSR count). The lowest BCUT2D eigenvalue weighted by molar-refractivity contribution is -0.137. The molecule has 0 saturated heterocycles. The SMILES string of the molecule is CCCC(CC(=O)O)c1nnn(C)n1. The maximum atomic E-state index is 10.6. The molecule has 1 heterocycles. The molecule has 0 spiro atoms. The van der Waals surface area contributed by atoms with E-state index < -0.39 is 5.97 Å². The molecule has 0 fully saturated rings. The van der Waals surface area contributed by atoms with E-state index in [2.05, 4.69) is 15.4 Å². The zero-order valence-electron chi connectivity index (χ0n) is 8.34. The van der Waals surface area contributed by atoms with Crippen LogP contribution in [0.25, 0.3) is 0 Å². The van der Waals surface area contributed by atoms with Crippen LogP contribution in [0, 0.1) is 0 Å². The van der Waals surface area contributed by atoms with Gasteiger partial charge in [0.25, 0.3) is 0 Å². The molecule has 0 aliphatic heterocycles. The second-order valence-corrected chi connectivity index (χ2v) is 3.22. The molecular formula is C8H14N4O2. The van der Waals surface area contributed by atoms with E-state index in [1.807, 2.05) is 6.92 Å².